The summed E-state index contributed by atoms with van der Waals surface area (Å²) in [5.74, 6) is -3.80. The standard InChI is InChI=1S/C28H31N3O10S/c1-14(27(35)36)7-19(32)23-10-17-22(42-23)11-21(39-3)26(29-17)41-6-4-5-40-25-20(33)9-16-12-31(13-18(16)30-25)24(34)8-15(2)28(37)38/h9-11,14-15,33H,4-8,12-13H2,1-3H3,(H,35,36)(H,37,38). The van der Waals surface area contributed by atoms with Crippen LogP contribution in [-0.2, 0) is 27.5 Å². The number of thiophene rings is 1. The lowest BCUT2D eigenvalue weighted by atomic mass is 10.0. The molecule has 0 radical (unpaired) electrons. The van der Waals surface area contributed by atoms with Gasteiger partial charge in [-0.3, -0.25) is 19.2 Å². The van der Waals surface area contributed by atoms with Crippen molar-refractivity contribution in [2.24, 2.45) is 11.8 Å². The summed E-state index contributed by atoms with van der Waals surface area (Å²) in [6, 6.07) is 4.81. The Morgan fingerprint density at radius 2 is 1.62 bits per heavy atom. The number of aromatic nitrogens is 2. The summed E-state index contributed by atoms with van der Waals surface area (Å²) in [6.45, 7) is 3.73. The number of hydrogen-bond donors (Lipinski definition) is 3. The van der Waals surface area contributed by atoms with Crippen LogP contribution in [0.4, 0.5) is 0 Å². The van der Waals surface area contributed by atoms with Crippen LogP contribution in [0.2, 0.25) is 0 Å². The highest BCUT2D eigenvalue weighted by atomic mass is 32.1. The van der Waals surface area contributed by atoms with E-state index in [9.17, 15) is 24.3 Å². The van der Waals surface area contributed by atoms with Crippen LogP contribution >= 0.6 is 11.3 Å². The van der Waals surface area contributed by atoms with Gasteiger partial charge in [-0.05, 0) is 17.7 Å². The minimum atomic E-state index is -1.04. The van der Waals surface area contributed by atoms with Crippen molar-refractivity contribution >= 4 is 45.2 Å². The maximum absolute atomic E-state index is 12.5. The van der Waals surface area contributed by atoms with E-state index in [-0.39, 0.29) is 68.3 Å². The minimum Gasteiger partial charge on any atom is -0.503 e. The summed E-state index contributed by atoms with van der Waals surface area (Å²) >= 11 is 1.21. The Kier molecular flexibility index (Phi) is 9.45. The monoisotopic (exact) mass is 601 g/mol. The maximum Gasteiger partial charge on any atom is 0.306 e. The van der Waals surface area contributed by atoms with Crippen LogP contribution in [0.5, 0.6) is 23.3 Å². The number of carbonyl (C=O) groups excluding carboxylic acids is 2. The minimum absolute atomic E-state index is 0.0202. The average Bonchev–Trinajstić information content (AvgIpc) is 3.55. The molecular formula is C28H31N3O10S. The van der Waals surface area contributed by atoms with Crippen molar-refractivity contribution in [3.05, 3.63) is 34.3 Å². The number of fused-ring (bicyclic) bond motifs is 2. The molecule has 3 N–H and O–H groups in total. The molecule has 0 fully saturated rings. The molecule has 0 aliphatic carbocycles. The topological polar surface area (TPSA) is 186 Å². The largest absolute Gasteiger partial charge is 0.503 e. The molecule has 14 heteroatoms. The number of carboxylic acid groups (broad SMARTS) is 2. The van der Waals surface area contributed by atoms with Gasteiger partial charge < -0.3 is 34.4 Å². The third-order valence-corrected chi connectivity index (χ3v) is 7.82. The molecule has 3 aromatic heterocycles. The molecule has 1 aliphatic heterocycles. The second-order valence-electron chi connectivity index (χ2n) is 10.0. The van der Waals surface area contributed by atoms with Gasteiger partial charge in [0.05, 0.1) is 59.5 Å². The van der Waals surface area contributed by atoms with Gasteiger partial charge in [-0.25, -0.2) is 9.97 Å². The summed E-state index contributed by atoms with van der Waals surface area (Å²) in [4.78, 5) is 57.8. The quantitative estimate of drug-likeness (QED) is 0.181. The van der Waals surface area contributed by atoms with Gasteiger partial charge in [0.1, 0.15) is 0 Å². The first-order valence-electron chi connectivity index (χ1n) is 13.2. The molecule has 0 saturated carbocycles. The molecule has 4 rings (SSSR count). The first kappa shape index (κ1) is 30.5. The van der Waals surface area contributed by atoms with Gasteiger partial charge in [-0.1, -0.05) is 13.8 Å². The summed E-state index contributed by atoms with van der Waals surface area (Å²) in [6.07, 6.45) is 0.169. The van der Waals surface area contributed by atoms with Gasteiger partial charge in [-0.15, -0.1) is 11.3 Å². The van der Waals surface area contributed by atoms with E-state index >= 15 is 0 Å². The third-order valence-electron chi connectivity index (χ3n) is 6.70. The number of amides is 1. The molecule has 2 unspecified atom stereocenters. The van der Waals surface area contributed by atoms with E-state index in [2.05, 4.69) is 9.97 Å². The molecule has 1 amide bonds. The molecule has 0 bridgehead atoms. The lowest BCUT2D eigenvalue weighted by Gasteiger charge is -2.16. The van der Waals surface area contributed by atoms with Crippen LogP contribution in [0.15, 0.2) is 18.2 Å². The number of aliphatic carboxylic acids is 2. The van der Waals surface area contributed by atoms with Crippen LogP contribution in [0, 0.1) is 11.8 Å². The Balaban J connectivity index is 1.31. The average molecular weight is 602 g/mol. The third kappa shape index (κ3) is 7.05. The van der Waals surface area contributed by atoms with E-state index in [4.69, 9.17) is 24.4 Å². The van der Waals surface area contributed by atoms with E-state index in [1.165, 1.54) is 43.3 Å². The number of carbonyl (C=O) groups is 4. The summed E-state index contributed by atoms with van der Waals surface area (Å²) in [5.41, 5.74) is 1.77. The van der Waals surface area contributed by atoms with Crippen molar-refractivity contribution in [2.75, 3.05) is 20.3 Å². The number of Topliss-reactive ketones (excluding diaryl/α,β-unsaturated/α-hetero) is 1. The fourth-order valence-corrected chi connectivity index (χ4v) is 5.20. The van der Waals surface area contributed by atoms with Gasteiger partial charge in [-0.2, -0.15) is 0 Å². The number of pyridine rings is 2. The molecule has 1 aliphatic rings. The van der Waals surface area contributed by atoms with Crippen molar-refractivity contribution in [1.29, 1.82) is 0 Å². The number of aromatic hydroxyl groups is 1. The van der Waals surface area contributed by atoms with Crippen molar-refractivity contribution < 1.29 is 48.7 Å². The first-order valence-corrected chi connectivity index (χ1v) is 14.0. The molecule has 42 heavy (non-hydrogen) atoms. The van der Waals surface area contributed by atoms with E-state index in [1.807, 2.05) is 0 Å². The molecule has 3 aromatic rings. The second kappa shape index (κ2) is 13.0. The number of carboxylic acids is 2. The zero-order valence-electron chi connectivity index (χ0n) is 23.3. The predicted molar refractivity (Wildman–Crippen MR) is 149 cm³/mol. The van der Waals surface area contributed by atoms with Crippen molar-refractivity contribution in [2.45, 2.75) is 46.2 Å². The molecule has 13 nitrogen and oxygen atoms in total. The highest BCUT2D eigenvalue weighted by Crippen LogP contribution is 2.35. The maximum atomic E-state index is 12.5. The number of ether oxygens (including phenoxy) is 3. The van der Waals surface area contributed by atoms with Crippen molar-refractivity contribution in [3.8, 4) is 23.3 Å². The Hall–Kier alpha value is -4.46. The number of rotatable bonds is 14. The lowest BCUT2D eigenvalue weighted by molar-refractivity contribution is -0.145. The highest BCUT2D eigenvalue weighted by molar-refractivity contribution is 7.20. The van der Waals surface area contributed by atoms with E-state index in [0.29, 0.717) is 38.5 Å². The first-order chi connectivity index (χ1) is 20.0. The van der Waals surface area contributed by atoms with Gasteiger partial charge in [0.25, 0.3) is 11.8 Å². The lowest BCUT2D eigenvalue weighted by Crippen LogP contribution is -2.28. The molecule has 0 aromatic carbocycles. The van der Waals surface area contributed by atoms with Crippen LogP contribution in [0.1, 0.15) is 54.0 Å². The zero-order valence-corrected chi connectivity index (χ0v) is 24.1. The van der Waals surface area contributed by atoms with E-state index in [0.717, 1.165) is 0 Å². The van der Waals surface area contributed by atoms with Gasteiger partial charge in [0, 0.05) is 31.9 Å². The van der Waals surface area contributed by atoms with E-state index in [1.54, 1.807) is 12.1 Å². The summed E-state index contributed by atoms with van der Waals surface area (Å²) in [5, 5.41) is 28.5. The van der Waals surface area contributed by atoms with Gasteiger partial charge >= 0.3 is 11.9 Å². The van der Waals surface area contributed by atoms with Crippen molar-refractivity contribution in [3.63, 3.8) is 0 Å². The normalized spacial score (nSPS) is 13.8. The van der Waals surface area contributed by atoms with Gasteiger partial charge in [0.2, 0.25) is 5.91 Å². The predicted octanol–water partition coefficient (Wildman–Crippen LogP) is 3.50. The number of nitrogens with zero attached hydrogens (tertiary/aromatic N) is 3. The number of hydrogen-bond acceptors (Lipinski definition) is 11. The molecule has 2 atom stereocenters. The summed E-state index contributed by atoms with van der Waals surface area (Å²) < 4.78 is 17.5. The zero-order chi connectivity index (χ0) is 30.6. The van der Waals surface area contributed by atoms with E-state index < -0.39 is 23.8 Å². The fourth-order valence-electron chi connectivity index (χ4n) is 4.22. The smallest absolute Gasteiger partial charge is 0.306 e. The van der Waals surface area contributed by atoms with Crippen LogP contribution < -0.4 is 14.2 Å². The molecular weight excluding hydrogens is 570 g/mol. The van der Waals surface area contributed by atoms with Gasteiger partial charge in [0.15, 0.2) is 17.3 Å². The Labute approximate surface area is 244 Å². The number of methoxy groups -OCH3 is 1. The highest BCUT2D eigenvalue weighted by Gasteiger charge is 2.28. The SMILES string of the molecule is COc1cc2sc(C(=O)CC(C)C(=O)O)cc2nc1OCCCOc1nc2c(cc1O)CN(C(=O)CC(C)C(=O)O)C2. The second-order valence-corrected chi connectivity index (χ2v) is 11.1. The van der Waals surface area contributed by atoms with Crippen LogP contribution in [0.3, 0.4) is 0 Å². The number of ketones is 1. The molecule has 4 heterocycles. The fraction of sp³-hybridized carbons (Fsp3) is 0.429. The Bertz CT molecular complexity index is 1520. The molecule has 0 saturated heterocycles. The van der Waals surface area contributed by atoms with Crippen molar-refractivity contribution in [1.82, 2.24) is 14.9 Å². The Morgan fingerprint density at radius 3 is 2.29 bits per heavy atom. The summed E-state index contributed by atoms with van der Waals surface area (Å²) in [7, 11) is 1.47. The molecule has 0 spiro atoms. The molecule has 224 valence electrons. The van der Waals surface area contributed by atoms with Crippen LogP contribution in [0.25, 0.3) is 10.2 Å². The Morgan fingerprint density at radius 1 is 0.952 bits per heavy atom. The van der Waals surface area contributed by atoms with Crippen LogP contribution in [-0.4, -0.2) is 74.1 Å².